The number of carbonyl (C=O) groups is 1. The highest BCUT2D eigenvalue weighted by Gasteiger charge is 2.36. The fourth-order valence-electron chi connectivity index (χ4n) is 4.07. The molecule has 0 atom stereocenters. The highest BCUT2D eigenvalue weighted by atomic mass is 16.7. The first-order valence-electron chi connectivity index (χ1n) is 11.7. The number of unbranched alkanes of at least 4 members (excludes halogenated alkanes) is 6. The third-order valence-corrected chi connectivity index (χ3v) is 6.05. The van der Waals surface area contributed by atoms with Gasteiger partial charge in [0.2, 0.25) is 0 Å². The Hall–Kier alpha value is -1.55. The van der Waals surface area contributed by atoms with Gasteiger partial charge in [-0.05, 0) is 56.1 Å². The van der Waals surface area contributed by atoms with E-state index in [1.807, 2.05) is 0 Å². The van der Waals surface area contributed by atoms with Gasteiger partial charge in [0.15, 0.2) is 0 Å². The molecule has 1 aliphatic carbocycles. The van der Waals surface area contributed by atoms with Crippen LogP contribution in [0.3, 0.4) is 0 Å². The van der Waals surface area contributed by atoms with Crippen molar-refractivity contribution in [3.05, 3.63) is 35.4 Å². The van der Waals surface area contributed by atoms with Crippen LogP contribution >= 0.6 is 0 Å². The van der Waals surface area contributed by atoms with Crippen molar-refractivity contribution in [2.45, 2.75) is 109 Å². The van der Waals surface area contributed by atoms with Crippen LogP contribution in [0, 0.1) is 0 Å². The van der Waals surface area contributed by atoms with E-state index in [0.717, 1.165) is 31.2 Å². The van der Waals surface area contributed by atoms with Crippen LogP contribution in [0.25, 0.3) is 0 Å². The Morgan fingerprint density at radius 3 is 2.24 bits per heavy atom. The fraction of sp³-hybridized carbons (Fsp3) is 0.720. The van der Waals surface area contributed by atoms with Crippen molar-refractivity contribution in [2.24, 2.45) is 0 Å². The standard InChI is InChI=1S/C25H40O4/c1-3-5-7-8-9-11-21-12-14-22(15-13-21)25(27)18-16-23(17-19-25)29-24(26)28-20-10-6-4-2/h12-15,23,27H,3-11,16-20H2,1-2H3. The summed E-state index contributed by atoms with van der Waals surface area (Å²) in [5.74, 6) is 0. The Bertz CT molecular complexity index is 573. The number of hydrogen-bond acceptors (Lipinski definition) is 4. The molecule has 1 aliphatic rings. The summed E-state index contributed by atoms with van der Waals surface area (Å²) in [4.78, 5) is 11.8. The van der Waals surface area contributed by atoms with Gasteiger partial charge in [0, 0.05) is 0 Å². The normalized spacial score (nSPS) is 21.7. The highest BCUT2D eigenvalue weighted by Crippen LogP contribution is 2.38. The van der Waals surface area contributed by atoms with Crippen LogP contribution in [-0.2, 0) is 21.5 Å². The van der Waals surface area contributed by atoms with E-state index in [-0.39, 0.29) is 6.10 Å². The van der Waals surface area contributed by atoms with Gasteiger partial charge < -0.3 is 14.6 Å². The van der Waals surface area contributed by atoms with Crippen LogP contribution in [0.1, 0.15) is 102 Å². The minimum absolute atomic E-state index is 0.156. The first-order chi connectivity index (χ1) is 14.1. The molecule has 0 aromatic heterocycles. The van der Waals surface area contributed by atoms with E-state index in [1.54, 1.807) is 0 Å². The summed E-state index contributed by atoms with van der Waals surface area (Å²) in [6, 6.07) is 8.46. The Morgan fingerprint density at radius 2 is 1.59 bits per heavy atom. The lowest BCUT2D eigenvalue weighted by Gasteiger charge is -2.36. The van der Waals surface area contributed by atoms with Crippen molar-refractivity contribution >= 4 is 6.16 Å². The predicted octanol–water partition coefficient (Wildman–Crippen LogP) is 6.67. The van der Waals surface area contributed by atoms with Crippen molar-refractivity contribution in [3.8, 4) is 0 Å². The van der Waals surface area contributed by atoms with E-state index in [9.17, 15) is 9.90 Å². The van der Waals surface area contributed by atoms with Crippen LogP contribution < -0.4 is 0 Å². The largest absolute Gasteiger partial charge is 0.508 e. The maximum absolute atomic E-state index is 11.8. The maximum atomic E-state index is 11.8. The molecule has 0 saturated heterocycles. The second kappa shape index (κ2) is 12.9. The average Bonchev–Trinajstić information content (AvgIpc) is 2.73. The minimum Gasteiger partial charge on any atom is -0.434 e. The van der Waals surface area contributed by atoms with E-state index in [2.05, 4.69) is 38.1 Å². The van der Waals surface area contributed by atoms with Crippen LogP contribution in [-0.4, -0.2) is 24.0 Å². The Labute approximate surface area is 177 Å². The number of carbonyl (C=O) groups excluding carboxylic acids is 1. The molecule has 0 amide bonds. The lowest BCUT2D eigenvalue weighted by molar-refractivity contribution is -0.0538. The second-order valence-corrected chi connectivity index (χ2v) is 8.52. The van der Waals surface area contributed by atoms with E-state index in [1.165, 1.54) is 37.7 Å². The summed E-state index contributed by atoms with van der Waals surface area (Å²) in [6.45, 7) is 4.78. The lowest BCUT2D eigenvalue weighted by atomic mass is 9.78. The van der Waals surface area contributed by atoms with Crippen molar-refractivity contribution in [1.82, 2.24) is 0 Å². The van der Waals surface area contributed by atoms with Crippen LogP contribution in [0.15, 0.2) is 24.3 Å². The first kappa shape index (κ1) is 23.7. The van der Waals surface area contributed by atoms with Crippen LogP contribution in [0.2, 0.25) is 0 Å². The number of ether oxygens (including phenoxy) is 2. The number of aliphatic hydroxyl groups is 1. The molecule has 1 N–H and O–H groups in total. The van der Waals surface area contributed by atoms with Gasteiger partial charge in [-0.25, -0.2) is 4.79 Å². The lowest BCUT2D eigenvalue weighted by Crippen LogP contribution is -2.35. The van der Waals surface area contributed by atoms with Crippen molar-refractivity contribution in [2.75, 3.05) is 6.61 Å². The maximum Gasteiger partial charge on any atom is 0.508 e. The zero-order chi connectivity index (χ0) is 21.0. The molecule has 0 heterocycles. The van der Waals surface area contributed by atoms with Crippen LogP contribution in [0.5, 0.6) is 0 Å². The molecule has 0 spiro atoms. The quantitative estimate of drug-likeness (QED) is 0.312. The van der Waals surface area contributed by atoms with Crippen molar-refractivity contribution in [1.29, 1.82) is 0 Å². The van der Waals surface area contributed by atoms with Gasteiger partial charge in [0.25, 0.3) is 0 Å². The number of rotatable bonds is 12. The molecule has 164 valence electrons. The molecule has 29 heavy (non-hydrogen) atoms. The predicted molar refractivity (Wildman–Crippen MR) is 117 cm³/mol. The summed E-state index contributed by atoms with van der Waals surface area (Å²) in [5, 5.41) is 11.1. The topological polar surface area (TPSA) is 55.8 Å². The number of hydrogen-bond donors (Lipinski definition) is 1. The fourth-order valence-corrected chi connectivity index (χ4v) is 4.07. The third kappa shape index (κ3) is 8.38. The SMILES string of the molecule is CCCCCCCc1ccc(C2(O)CCC(OC(=O)OCCCCC)CC2)cc1. The summed E-state index contributed by atoms with van der Waals surface area (Å²) in [5.41, 5.74) is 1.51. The van der Waals surface area contributed by atoms with Gasteiger partial charge in [-0.1, -0.05) is 76.6 Å². The Balaban J connectivity index is 1.73. The van der Waals surface area contributed by atoms with Gasteiger partial charge in [-0.2, -0.15) is 0 Å². The van der Waals surface area contributed by atoms with Gasteiger partial charge >= 0.3 is 6.16 Å². The third-order valence-electron chi connectivity index (χ3n) is 6.05. The molecular weight excluding hydrogens is 364 g/mol. The van der Waals surface area contributed by atoms with E-state index in [0.29, 0.717) is 32.3 Å². The average molecular weight is 405 g/mol. The zero-order valence-corrected chi connectivity index (χ0v) is 18.5. The van der Waals surface area contributed by atoms with Gasteiger partial charge in [0.1, 0.15) is 6.10 Å². The van der Waals surface area contributed by atoms with Crippen molar-refractivity contribution < 1.29 is 19.4 Å². The summed E-state index contributed by atoms with van der Waals surface area (Å²) < 4.78 is 10.5. The Morgan fingerprint density at radius 1 is 0.966 bits per heavy atom. The molecule has 1 fully saturated rings. The summed E-state index contributed by atoms with van der Waals surface area (Å²) >= 11 is 0. The van der Waals surface area contributed by atoms with Gasteiger partial charge in [-0.3, -0.25) is 0 Å². The zero-order valence-electron chi connectivity index (χ0n) is 18.5. The molecular formula is C25H40O4. The molecule has 4 nitrogen and oxygen atoms in total. The van der Waals surface area contributed by atoms with E-state index in [4.69, 9.17) is 9.47 Å². The molecule has 0 radical (unpaired) electrons. The molecule has 0 bridgehead atoms. The van der Waals surface area contributed by atoms with Gasteiger partial charge in [0.05, 0.1) is 12.2 Å². The molecule has 0 aliphatic heterocycles. The smallest absolute Gasteiger partial charge is 0.434 e. The highest BCUT2D eigenvalue weighted by molar-refractivity contribution is 5.60. The first-order valence-corrected chi connectivity index (χ1v) is 11.7. The molecule has 0 unspecified atom stereocenters. The van der Waals surface area contributed by atoms with Crippen LogP contribution in [0.4, 0.5) is 4.79 Å². The molecule has 1 aromatic carbocycles. The van der Waals surface area contributed by atoms with E-state index < -0.39 is 11.8 Å². The van der Waals surface area contributed by atoms with E-state index >= 15 is 0 Å². The number of aryl methyl sites for hydroxylation is 1. The number of benzene rings is 1. The summed E-state index contributed by atoms with van der Waals surface area (Å²) in [6.07, 6.45) is 12.4. The van der Waals surface area contributed by atoms with Gasteiger partial charge in [-0.15, -0.1) is 0 Å². The summed E-state index contributed by atoms with van der Waals surface area (Å²) in [7, 11) is 0. The second-order valence-electron chi connectivity index (χ2n) is 8.52. The molecule has 2 rings (SSSR count). The minimum atomic E-state index is -0.815. The molecule has 1 aromatic rings. The Kier molecular flexibility index (Phi) is 10.5. The van der Waals surface area contributed by atoms with Crippen molar-refractivity contribution in [3.63, 3.8) is 0 Å². The molecule has 1 saturated carbocycles. The molecule has 4 heteroatoms. The monoisotopic (exact) mass is 404 g/mol.